The van der Waals surface area contributed by atoms with Crippen LogP contribution >= 0.6 is 27.7 Å². The smallest absolute Gasteiger partial charge is 0.159 e. The molecule has 68 valence electrons. The zero-order valence-corrected chi connectivity index (χ0v) is 9.40. The summed E-state index contributed by atoms with van der Waals surface area (Å²) < 4.78 is 0. The van der Waals surface area contributed by atoms with Crippen LogP contribution in [-0.2, 0) is 0 Å². The van der Waals surface area contributed by atoms with Gasteiger partial charge in [-0.1, -0.05) is 27.7 Å². The van der Waals surface area contributed by atoms with E-state index in [1.165, 1.54) is 31.1 Å². The molecule has 0 bridgehead atoms. The van der Waals surface area contributed by atoms with Gasteiger partial charge in [0.1, 0.15) is 0 Å². The normalized spacial score (nSPS) is 29.6. The van der Waals surface area contributed by atoms with Crippen molar-refractivity contribution < 1.29 is 0 Å². The summed E-state index contributed by atoms with van der Waals surface area (Å²) in [6, 6.07) is 0. The number of likely N-dealkylation sites (tertiary alicyclic amines) is 1. The lowest BCUT2D eigenvalue weighted by molar-refractivity contribution is 0.530. The minimum Gasteiger partial charge on any atom is -0.351 e. The fourth-order valence-electron chi connectivity index (χ4n) is 1.57. The van der Waals surface area contributed by atoms with Crippen LogP contribution in [0.1, 0.15) is 12.8 Å². The van der Waals surface area contributed by atoms with Crippen molar-refractivity contribution in [1.29, 1.82) is 0 Å². The van der Waals surface area contributed by atoms with Crippen molar-refractivity contribution in [2.75, 3.05) is 25.0 Å². The molecule has 0 N–H and O–H groups in total. The highest BCUT2D eigenvalue weighted by molar-refractivity contribution is 9.09. The van der Waals surface area contributed by atoms with Gasteiger partial charge in [-0.15, -0.1) is 0 Å². The Hall–Kier alpha value is 0.300. The molecule has 0 spiro atoms. The van der Waals surface area contributed by atoms with Crippen LogP contribution in [0.25, 0.3) is 0 Å². The molecule has 12 heavy (non-hydrogen) atoms. The Labute approximate surface area is 85.9 Å². The lowest BCUT2D eigenvalue weighted by atomic mass is 10.4. The van der Waals surface area contributed by atoms with Crippen LogP contribution in [0.3, 0.4) is 0 Å². The Balaban J connectivity index is 1.89. The van der Waals surface area contributed by atoms with Gasteiger partial charge < -0.3 is 4.90 Å². The van der Waals surface area contributed by atoms with Gasteiger partial charge in [0, 0.05) is 23.7 Å². The van der Waals surface area contributed by atoms with Crippen LogP contribution in [0.5, 0.6) is 0 Å². The van der Waals surface area contributed by atoms with Gasteiger partial charge in [-0.3, -0.25) is 4.99 Å². The molecule has 0 unspecified atom stereocenters. The van der Waals surface area contributed by atoms with Crippen molar-refractivity contribution in [1.82, 2.24) is 4.90 Å². The number of hydrogen-bond donors (Lipinski definition) is 0. The van der Waals surface area contributed by atoms with Crippen LogP contribution in [0.4, 0.5) is 0 Å². The fraction of sp³-hybridized carbons (Fsp3) is 0.875. The Morgan fingerprint density at radius 1 is 1.50 bits per heavy atom. The molecular weight excluding hydrogens is 236 g/mol. The van der Waals surface area contributed by atoms with Crippen LogP contribution in [-0.4, -0.2) is 40.3 Å². The molecule has 0 aromatic carbocycles. The molecule has 1 atom stereocenters. The standard InChI is InChI=1S/C8H13BrN2S/c9-5-7-6-10-8(12-7)11-3-1-2-4-11/h7H,1-6H2/t7-/m0/s1. The minimum atomic E-state index is 0.681. The quantitative estimate of drug-likeness (QED) is 0.660. The number of rotatable bonds is 1. The second-order valence-electron chi connectivity index (χ2n) is 3.21. The number of aliphatic imine (C=N–C) groups is 1. The second-order valence-corrected chi connectivity index (χ2v) is 5.13. The molecule has 2 rings (SSSR count). The van der Waals surface area contributed by atoms with Gasteiger partial charge >= 0.3 is 0 Å². The maximum atomic E-state index is 4.55. The molecule has 1 saturated heterocycles. The highest BCUT2D eigenvalue weighted by Gasteiger charge is 2.24. The Morgan fingerprint density at radius 3 is 2.83 bits per heavy atom. The molecule has 2 aliphatic rings. The zero-order chi connectivity index (χ0) is 8.39. The molecule has 4 heteroatoms. The van der Waals surface area contributed by atoms with Gasteiger partial charge in [0.25, 0.3) is 0 Å². The van der Waals surface area contributed by atoms with E-state index < -0.39 is 0 Å². The summed E-state index contributed by atoms with van der Waals surface area (Å²) in [6.45, 7) is 3.45. The van der Waals surface area contributed by atoms with E-state index in [1.807, 2.05) is 11.8 Å². The summed E-state index contributed by atoms with van der Waals surface area (Å²) in [4.78, 5) is 6.97. The molecule has 0 aliphatic carbocycles. The first-order valence-corrected chi connectivity index (χ1v) is 6.42. The van der Waals surface area contributed by atoms with Crippen LogP contribution < -0.4 is 0 Å². The number of thioether (sulfide) groups is 1. The van der Waals surface area contributed by atoms with Gasteiger partial charge in [-0.2, -0.15) is 0 Å². The second kappa shape index (κ2) is 4.01. The van der Waals surface area contributed by atoms with Crippen LogP contribution in [0.2, 0.25) is 0 Å². The third-order valence-corrected chi connectivity index (χ3v) is 4.71. The first kappa shape index (κ1) is 8.88. The highest BCUT2D eigenvalue weighted by atomic mass is 79.9. The zero-order valence-electron chi connectivity index (χ0n) is 7.00. The Bertz CT molecular complexity index is 189. The van der Waals surface area contributed by atoms with Crippen molar-refractivity contribution in [3.8, 4) is 0 Å². The van der Waals surface area contributed by atoms with E-state index in [4.69, 9.17) is 0 Å². The predicted octanol–water partition coefficient (Wildman–Crippen LogP) is 1.95. The molecule has 1 fully saturated rings. The Kier molecular flexibility index (Phi) is 2.96. The number of hydrogen-bond acceptors (Lipinski definition) is 3. The van der Waals surface area contributed by atoms with Crippen molar-refractivity contribution in [2.45, 2.75) is 18.1 Å². The number of alkyl halides is 1. The maximum Gasteiger partial charge on any atom is 0.159 e. The average molecular weight is 249 g/mol. The number of nitrogens with zero attached hydrogens (tertiary/aromatic N) is 2. The summed E-state index contributed by atoms with van der Waals surface area (Å²) in [5.74, 6) is 0. The van der Waals surface area contributed by atoms with Crippen LogP contribution in [0.15, 0.2) is 4.99 Å². The third kappa shape index (κ3) is 1.79. The fourth-order valence-corrected chi connectivity index (χ4v) is 3.16. The van der Waals surface area contributed by atoms with E-state index in [0.717, 1.165) is 11.9 Å². The van der Waals surface area contributed by atoms with E-state index in [0.29, 0.717) is 5.25 Å². The number of amidine groups is 1. The topological polar surface area (TPSA) is 15.6 Å². The first-order valence-electron chi connectivity index (χ1n) is 4.42. The lowest BCUT2D eigenvalue weighted by Crippen LogP contribution is -2.24. The first-order chi connectivity index (χ1) is 5.90. The molecule has 0 radical (unpaired) electrons. The van der Waals surface area contributed by atoms with Crippen LogP contribution in [0, 0.1) is 0 Å². The van der Waals surface area contributed by atoms with Gasteiger partial charge in [0.05, 0.1) is 6.54 Å². The van der Waals surface area contributed by atoms with E-state index in [9.17, 15) is 0 Å². The van der Waals surface area contributed by atoms with Gasteiger partial charge in [-0.25, -0.2) is 0 Å². The molecule has 0 aromatic rings. The van der Waals surface area contributed by atoms with E-state index in [-0.39, 0.29) is 0 Å². The summed E-state index contributed by atoms with van der Waals surface area (Å²) in [7, 11) is 0. The lowest BCUT2D eigenvalue weighted by Gasteiger charge is -2.16. The van der Waals surface area contributed by atoms with Gasteiger partial charge in [0.15, 0.2) is 5.17 Å². The van der Waals surface area contributed by atoms with Gasteiger partial charge in [0.2, 0.25) is 0 Å². The number of halogens is 1. The molecule has 0 amide bonds. The molecule has 2 aliphatic heterocycles. The van der Waals surface area contributed by atoms with E-state index >= 15 is 0 Å². The summed E-state index contributed by atoms with van der Waals surface area (Å²) >= 11 is 5.44. The summed E-state index contributed by atoms with van der Waals surface area (Å²) in [6.07, 6.45) is 2.69. The third-order valence-electron chi connectivity index (χ3n) is 2.25. The maximum absolute atomic E-state index is 4.55. The van der Waals surface area contributed by atoms with Crippen molar-refractivity contribution >= 4 is 32.9 Å². The minimum absolute atomic E-state index is 0.681. The van der Waals surface area contributed by atoms with Crippen molar-refractivity contribution in [3.05, 3.63) is 0 Å². The predicted molar refractivity (Wildman–Crippen MR) is 58.3 cm³/mol. The Morgan fingerprint density at radius 2 is 2.25 bits per heavy atom. The van der Waals surface area contributed by atoms with E-state index in [1.54, 1.807) is 0 Å². The largest absolute Gasteiger partial charge is 0.351 e. The molecule has 2 nitrogen and oxygen atoms in total. The summed E-state index contributed by atoms with van der Waals surface area (Å²) in [5, 5.41) is 3.04. The van der Waals surface area contributed by atoms with Crippen molar-refractivity contribution in [3.63, 3.8) is 0 Å². The molecular formula is C8H13BrN2S. The highest BCUT2D eigenvalue weighted by Crippen LogP contribution is 2.26. The van der Waals surface area contributed by atoms with Crippen molar-refractivity contribution in [2.24, 2.45) is 4.99 Å². The molecule has 2 heterocycles. The SMILES string of the molecule is BrC[C@H]1CN=C(N2CCCC2)S1. The molecule has 0 aromatic heterocycles. The average Bonchev–Trinajstić information content (AvgIpc) is 2.75. The van der Waals surface area contributed by atoms with E-state index in [2.05, 4.69) is 25.8 Å². The molecule has 0 saturated carbocycles. The summed E-state index contributed by atoms with van der Waals surface area (Å²) in [5.41, 5.74) is 0. The van der Waals surface area contributed by atoms with Gasteiger partial charge in [-0.05, 0) is 12.8 Å². The monoisotopic (exact) mass is 248 g/mol.